The minimum Gasteiger partial charge on any atom is -0.506 e. The van der Waals surface area contributed by atoms with Crippen molar-refractivity contribution in [1.82, 2.24) is 0 Å². The fraction of sp³-hybridized carbons (Fsp3) is 0.261. The maximum atomic E-state index is 12.3. The van der Waals surface area contributed by atoms with Gasteiger partial charge in [0.15, 0.2) is 0 Å². The van der Waals surface area contributed by atoms with E-state index in [-0.39, 0.29) is 11.3 Å². The number of ether oxygens (including phenoxy) is 2. The van der Waals surface area contributed by atoms with E-state index in [9.17, 15) is 9.90 Å². The molecule has 0 radical (unpaired) electrons. The quantitative estimate of drug-likeness (QED) is 0.439. The smallest absolute Gasteiger partial charge is 0.347 e. The number of rotatable bonds is 8. The molecule has 6 nitrogen and oxygen atoms in total. The van der Waals surface area contributed by atoms with Crippen LogP contribution in [0.3, 0.4) is 0 Å². The second-order valence-corrected chi connectivity index (χ2v) is 6.76. The van der Waals surface area contributed by atoms with Gasteiger partial charge in [-0.2, -0.15) is 0 Å². The number of nitrogens with two attached hydrogens (primary N) is 1. The predicted molar refractivity (Wildman–Crippen MR) is 113 cm³/mol. The molecule has 0 aliphatic rings. The van der Waals surface area contributed by atoms with E-state index in [1.165, 1.54) is 0 Å². The lowest BCUT2D eigenvalue weighted by Crippen LogP contribution is -2.11. The van der Waals surface area contributed by atoms with E-state index >= 15 is 0 Å². The molecule has 0 saturated heterocycles. The Hall–Kier alpha value is -3.25. The van der Waals surface area contributed by atoms with Crippen molar-refractivity contribution in [2.75, 3.05) is 13.7 Å². The molecule has 3 rings (SSSR count). The van der Waals surface area contributed by atoms with Crippen LogP contribution in [0.4, 0.5) is 0 Å². The average molecular weight is 395 g/mol. The van der Waals surface area contributed by atoms with Crippen molar-refractivity contribution in [3.8, 4) is 11.5 Å². The third-order valence-electron chi connectivity index (χ3n) is 4.81. The summed E-state index contributed by atoms with van der Waals surface area (Å²) in [6.45, 7) is 2.74. The molecule has 6 heteroatoms. The minimum atomic E-state index is -0.600. The molecule has 0 unspecified atom stereocenters. The van der Waals surface area contributed by atoms with Gasteiger partial charge >= 0.3 is 5.63 Å². The SMILES string of the molecule is COc1ccc(COCCC/C(N)=C(\C)c2c(O)c3ccccc3oc2=O)cc1. The molecule has 0 aliphatic heterocycles. The molecular formula is C23H25NO5. The lowest BCUT2D eigenvalue weighted by atomic mass is 10.0. The Balaban J connectivity index is 1.61. The summed E-state index contributed by atoms with van der Waals surface area (Å²) in [4.78, 5) is 12.3. The van der Waals surface area contributed by atoms with Gasteiger partial charge in [0, 0.05) is 12.3 Å². The van der Waals surface area contributed by atoms with Crippen molar-refractivity contribution in [2.45, 2.75) is 26.4 Å². The van der Waals surface area contributed by atoms with Gasteiger partial charge in [-0.25, -0.2) is 4.79 Å². The third-order valence-corrected chi connectivity index (χ3v) is 4.81. The monoisotopic (exact) mass is 395 g/mol. The van der Waals surface area contributed by atoms with Crippen molar-refractivity contribution in [3.05, 3.63) is 75.8 Å². The molecule has 0 bridgehead atoms. The highest BCUT2D eigenvalue weighted by Gasteiger charge is 2.17. The first-order valence-electron chi connectivity index (χ1n) is 9.42. The zero-order valence-corrected chi connectivity index (χ0v) is 16.6. The molecule has 29 heavy (non-hydrogen) atoms. The van der Waals surface area contributed by atoms with Gasteiger partial charge in [0.1, 0.15) is 22.6 Å². The molecule has 0 aliphatic carbocycles. The maximum absolute atomic E-state index is 12.3. The van der Waals surface area contributed by atoms with Crippen LogP contribution in [0.5, 0.6) is 11.5 Å². The molecule has 0 fully saturated rings. The summed E-state index contributed by atoms with van der Waals surface area (Å²) in [6.07, 6.45) is 1.24. The second-order valence-electron chi connectivity index (χ2n) is 6.76. The highest BCUT2D eigenvalue weighted by molar-refractivity contribution is 5.88. The zero-order valence-electron chi connectivity index (χ0n) is 16.6. The van der Waals surface area contributed by atoms with Crippen LogP contribution in [0.2, 0.25) is 0 Å². The van der Waals surface area contributed by atoms with E-state index in [4.69, 9.17) is 19.6 Å². The van der Waals surface area contributed by atoms with Crippen molar-refractivity contribution in [3.63, 3.8) is 0 Å². The van der Waals surface area contributed by atoms with Crippen LogP contribution < -0.4 is 16.1 Å². The van der Waals surface area contributed by atoms with Crippen LogP contribution in [0.25, 0.3) is 16.5 Å². The fourth-order valence-electron chi connectivity index (χ4n) is 3.09. The summed E-state index contributed by atoms with van der Waals surface area (Å²) in [5.74, 6) is 0.705. The molecule has 1 aromatic heterocycles. The molecule has 0 saturated carbocycles. The first-order chi connectivity index (χ1) is 14.0. The van der Waals surface area contributed by atoms with Gasteiger partial charge in [-0.15, -0.1) is 0 Å². The van der Waals surface area contributed by atoms with Crippen molar-refractivity contribution in [2.24, 2.45) is 5.73 Å². The van der Waals surface area contributed by atoms with Crippen molar-refractivity contribution >= 4 is 16.5 Å². The van der Waals surface area contributed by atoms with Gasteiger partial charge in [0.05, 0.1) is 19.1 Å². The van der Waals surface area contributed by atoms with Crippen LogP contribution in [0.1, 0.15) is 30.9 Å². The minimum absolute atomic E-state index is 0.104. The fourth-order valence-corrected chi connectivity index (χ4v) is 3.09. The first kappa shape index (κ1) is 20.5. The number of hydrogen-bond acceptors (Lipinski definition) is 6. The van der Waals surface area contributed by atoms with Crippen LogP contribution in [0.15, 0.2) is 63.4 Å². The first-order valence-corrected chi connectivity index (χ1v) is 9.42. The zero-order chi connectivity index (χ0) is 20.8. The van der Waals surface area contributed by atoms with E-state index in [0.29, 0.717) is 48.3 Å². The Morgan fingerprint density at radius 1 is 1.14 bits per heavy atom. The molecule has 3 N–H and O–H groups in total. The number of benzene rings is 2. The van der Waals surface area contributed by atoms with E-state index in [2.05, 4.69) is 0 Å². The summed E-state index contributed by atoms with van der Waals surface area (Å²) in [5.41, 5.74) is 8.14. The lowest BCUT2D eigenvalue weighted by Gasteiger charge is -2.11. The highest BCUT2D eigenvalue weighted by Crippen LogP contribution is 2.31. The van der Waals surface area contributed by atoms with Crippen LogP contribution in [-0.4, -0.2) is 18.8 Å². The second kappa shape index (κ2) is 9.30. The number of para-hydroxylation sites is 1. The van der Waals surface area contributed by atoms with E-state index in [1.54, 1.807) is 38.3 Å². The maximum Gasteiger partial charge on any atom is 0.347 e. The Bertz CT molecular complexity index is 1070. The molecular weight excluding hydrogens is 370 g/mol. The molecule has 152 valence electrons. The number of hydrogen-bond donors (Lipinski definition) is 2. The summed E-state index contributed by atoms with van der Waals surface area (Å²) < 4.78 is 16.1. The summed E-state index contributed by atoms with van der Waals surface area (Å²) >= 11 is 0. The Labute approximate surface area is 169 Å². The van der Waals surface area contributed by atoms with Gasteiger partial charge in [-0.05, 0) is 55.2 Å². The van der Waals surface area contributed by atoms with E-state index in [0.717, 1.165) is 11.3 Å². The summed E-state index contributed by atoms with van der Waals surface area (Å²) in [7, 11) is 1.63. The van der Waals surface area contributed by atoms with Crippen LogP contribution in [0, 0.1) is 0 Å². The van der Waals surface area contributed by atoms with Gasteiger partial charge in [0.2, 0.25) is 0 Å². The largest absolute Gasteiger partial charge is 0.506 e. The lowest BCUT2D eigenvalue weighted by molar-refractivity contribution is 0.118. The van der Waals surface area contributed by atoms with Gasteiger partial charge in [0.25, 0.3) is 0 Å². The molecule has 2 aromatic carbocycles. The Kier molecular flexibility index (Phi) is 6.57. The third kappa shape index (κ3) is 4.78. The topological polar surface area (TPSA) is 94.9 Å². The van der Waals surface area contributed by atoms with Gasteiger partial charge in [-0.1, -0.05) is 24.3 Å². The Morgan fingerprint density at radius 3 is 2.59 bits per heavy atom. The van der Waals surface area contributed by atoms with Gasteiger partial charge in [-0.3, -0.25) is 0 Å². The Morgan fingerprint density at radius 2 is 1.86 bits per heavy atom. The van der Waals surface area contributed by atoms with E-state index in [1.807, 2.05) is 24.3 Å². The van der Waals surface area contributed by atoms with Crippen LogP contribution >= 0.6 is 0 Å². The standard InChI is InChI=1S/C23H25NO5/c1-15(21-22(25)18-6-3-4-8-20(18)29-23(21)26)19(24)7-5-13-28-14-16-9-11-17(27-2)12-10-16/h3-4,6,8-12,25H,5,7,13-14,24H2,1-2H3/b19-15-. The number of methoxy groups -OCH3 is 1. The number of aromatic hydroxyl groups is 1. The molecule has 3 aromatic rings. The predicted octanol–water partition coefficient (Wildman–Crippen LogP) is 4.19. The van der Waals surface area contributed by atoms with Gasteiger partial charge < -0.3 is 24.7 Å². The number of fused-ring (bicyclic) bond motifs is 1. The summed E-state index contributed by atoms with van der Waals surface area (Å²) in [5, 5.41) is 11.0. The molecule has 0 atom stereocenters. The molecule has 0 amide bonds. The van der Waals surface area contributed by atoms with Crippen molar-refractivity contribution in [1.29, 1.82) is 0 Å². The van der Waals surface area contributed by atoms with Crippen molar-refractivity contribution < 1.29 is 19.0 Å². The van der Waals surface area contributed by atoms with E-state index < -0.39 is 5.63 Å². The normalized spacial score (nSPS) is 12.1. The highest BCUT2D eigenvalue weighted by atomic mass is 16.5. The molecule has 0 spiro atoms. The van der Waals surface area contributed by atoms with Crippen LogP contribution in [-0.2, 0) is 11.3 Å². The molecule has 1 heterocycles. The number of allylic oxidation sites excluding steroid dienone is 2. The average Bonchev–Trinajstić information content (AvgIpc) is 2.73. The summed E-state index contributed by atoms with van der Waals surface area (Å²) in [6, 6.07) is 14.6.